The number of benzene rings is 1. The van der Waals surface area contributed by atoms with Crippen molar-refractivity contribution in [3.05, 3.63) is 59.2 Å². The second kappa shape index (κ2) is 10.7. The van der Waals surface area contributed by atoms with Crippen LogP contribution in [0.2, 0.25) is 0 Å². The van der Waals surface area contributed by atoms with E-state index in [4.69, 9.17) is 14.7 Å². The van der Waals surface area contributed by atoms with Crippen LogP contribution >= 0.6 is 0 Å². The number of hydrogen-bond donors (Lipinski definition) is 0. The highest BCUT2D eigenvalue weighted by molar-refractivity contribution is 5.99. The van der Waals surface area contributed by atoms with Crippen molar-refractivity contribution in [2.45, 2.75) is 65.5 Å². The molecule has 7 heteroatoms. The number of allylic oxidation sites excluding steroid dienone is 2. The molecule has 7 nitrogen and oxygen atoms in total. The van der Waals surface area contributed by atoms with E-state index in [1.165, 1.54) is 5.01 Å². The first kappa shape index (κ1) is 25.2. The van der Waals surface area contributed by atoms with Crippen LogP contribution in [0.3, 0.4) is 0 Å². The minimum absolute atomic E-state index is 0.0515. The first-order chi connectivity index (χ1) is 16.1. The van der Waals surface area contributed by atoms with Crippen molar-refractivity contribution in [2.24, 2.45) is 16.9 Å². The number of hydrogen-bond acceptors (Lipinski definition) is 6. The lowest BCUT2D eigenvalue weighted by Gasteiger charge is -2.27. The number of carbonyl (C=O) groups excluding carboxylic acids is 2. The quantitative estimate of drug-likeness (QED) is 0.539. The number of nitriles is 1. The van der Waals surface area contributed by atoms with Crippen molar-refractivity contribution in [3.63, 3.8) is 0 Å². The van der Waals surface area contributed by atoms with Crippen LogP contribution in [-0.4, -0.2) is 35.0 Å². The Hall–Kier alpha value is -3.40. The summed E-state index contributed by atoms with van der Waals surface area (Å²) in [6.45, 7) is 9.74. The fraction of sp³-hybridized carbons (Fsp3) is 0.481. The minimum Gasteiger partial charge on any atom is -0.466 e. The lowest BCUT2D eigenvalue weighted by molar-refractivity contribution is -0.158. The van der Waals surface area contributed by atoms with E-state index < -0.39 is 11.5 Å². The summed E-state index contributed by atoms with van der Waals surface area (Å²) in [5, 5.41) is 15.0. The molecule has 1 heterocycles. The van der Waals surface area contributed by atoms with Gasteiger partial charge >= 0.3 is 5.97 Å². The Bertz CT molecular complexity index is 1040. The van der Waals surface area contributed by atoms with Crippen LogP contribution in [0.25, 0.3) is 0 Å². The molecule has 0 radical (unpaired) electrons. The highest BCUT2D eigenvalue weighted by Gasteiger charge is 2.31. The fourth-order valence-corrected chi connectivity index (χ4v) is 3.88. The van der Waals surface area contributed by atoms with Gasteiger partial charge in [0.05, 0.1) is 18.5 Å². The standard InChI is InChI=1S/C27H33N3O4/c1-18-6-10-22(11-7-18)25-29-30(23(31)17-33-25)16-20-8-12-21(13-9-20)24(19(2)14-15-28)26(32)34-27(3,4)5/h6,8-13,18-19,24H,7,14,16-17H2,1-5H3. The highest BCUT2D eigenvalue weighted by Crippen LogP contribution is 2.30. The SMILES string of the molecule is CC1C=CC(C2=NN(Cc3ccc(C(C(=O)OC(C)(C)C)C(C)CC#N)cc3)C(=O)CO2)=CC1. The van der Waals surface area contributed by atoms with Crippen molar-refractivity contribution in [2.75, 3.05) is 6.61 Å². The number of hydrazone groups is 1. The maximum Gasteiger partial charge on any atom is 0.314 e. The molecule has 0 aromatic heterocycles. The Morgan fingerprint density at radius 3 is 2.62 bits per heavy atom. The van der Waals surface area contributed by atoms with Crippen molar-refractivity contribution >= 4 is 17.8 Å². The Morgan fingerprint density at radius 1 is 1.32 bits per heavy atom. The molecule has 34 heavy (non-hydrogen) atoms. The Kier molecular flexibility index (Phi) is 7.93. The number of nitrogens with zero attached hydrogens (tertiary/aromatic N) is 3. The molecule has 0 fully saturated rings. The summed E-state index contributed by atoms with van der Waals surface area (Å²) in [6, 6.07) is 9.64. The fourth-order valence-electron chi connectivity index (χ4n) is 3.88. The van der Waals surface area contributed by atoms with Crippen molar-refractivity contribution in [1.29, 1.82) is 5.26 Å². The van der Waals surface area contributed by atoms with Crippen LogP contribution in [0.1, 0.15) is 64.5 Å². The molecule has 0 saturated carbocycles. The maximum atomic E-state index is 12.9. The van der Waals surface area contributed by atoms with Gasteiger partial charge in [0.2, 0.25) is 5.90 Å². The van der Waals surface area contributed by atoms with Crippen molar-refractivity contribution in [1.82, 2.24) is 5.01 Å². The first-order valence-electron chi connectivity index (χ1n) is 11.7. The lowest BCUT2D eigenvalue weighted by atomic mass is 9.85. The molecule has 1 aromatic rings. The predicted octanol–water partition coefficient (Wildman–Crippen LogP) is 4.86. The van der Waals surface area contributed by atoms with Gasteiger partial charge in [-0.05, 0) is 50.2 Å². The number of ether oxygens (including phenoxy) is 2. The molecule has 0 bridgehead atoms. The normalized spacial score (nSPS) is 19.9. The van der Waals surface area contributed by atoms with Crippen LogP contribution < -0.4 is 0 Å². The number of esters is 1. The number of amides is 1. The number of carbonyl (C=O) groups is 2. The largest absolute Gasteiger partial charge is 0.466 e. The predicted molar refractivity (Wildman–Crippen MR) is 129 cm³/mol. The summed E-state index contributed by atoms with van der Waals surface area (Å²) in [5.41, 5.74) is 1.93. The average Bonchev–Trinajstić information content (AvgIpc) is 2.76. The third-order valence-corrected chi connectivity index (χ3v) is 5.71. The maximum absolute atomic E-state index is 12.9. The van der Waals surface area contributed by atoms with Gasteiger partial charge in [-0.25, -0.2) is 5.01 Å². The summed E-state index contributed by atoms with van der Waals surface area (Å²) in [7, 11) is 0. The summed E-state index contributed by atoms with van der Waals surface area (Å²) in [5.74, 6) is -0.368. The van der Waals surface area contributed by atoms with E-state index >= 15 is 0 Å². The third kappa shape index (κ3) is 6.57. The zero-order valence-electron chi connectivity index (χ0n) is 20.6. The third-order valence-electron chi connectivity index (χ3n) is 5.71. The second-order valence-corrected chi connectivity index (χ2v) is 9.97. The zero-order valence-corrected chi connectivity index (χ0v) is 20.6. The van der Waals surface area contributed by atoms with Gasteiger partial charge in [0.25, 0.3) is 5.91 Å². The smallest absolute Gasteiger partial charge is 0.314 e. The lowest BCUT2D eigenvalue weighted by Crippen LogP contribution is -2.36. The van der Waals surface area contributed by atoms with E-state index in [1.807, 2.05) is 58.0 Å². The molecular formula is C27H33N3O4. The molecule has 1 aliphatic heterocycles. The Morgan fingerprint density at radius 2 is 2.03 bits per heavy atom. The zero-order chi connectivity index (χ0) is 24.9. The molecule has 0 spiro atoms. The van der Waals surface area contributed by atoms with Crippen molar-refractivity contribution in [3.8, 4) is 6.07 Å². The van der Waals surface area contributed by atoms with E-state index in [1.54, 1.807) is 0 Å². The monoisotopic (exact) mass is 463 g/mol. The van der Waals surface area contributed by atoms with Gasteiger partial charge < -0.3 is 9.47 Å². The molecule has 2 aliphatic rings. The average molecular weight is 464 g/mol. The summed E-state index contributed by atoms with van der Waals surface area (Å²) in [4.78, 5) is 25.3. The van der Waals surface area contributed by atoms with Gasteiger partial charge in [-0.1, -0.05) is 56.3 Å². The second-order valence-electron chi connectivity index (χ2n) is 9.97. The molecular weight excluding hydrogens is 430 g/mol. The molecule has 1 amide bonds. The minimum atomic E-state index is -0.616. The molecule has 180 valence electrons. The van der Waals surface area contributed by atoms with Gasteiger partial charge in [-0.2, -0.15) is 5.26 Å². The molecule has 1 aliphatic carbocycles. The van der Waals surface area contributed by atoms with Crippen LogP contribution in [0.5, 0.6) is 0 Å². The summed E-state index contributed by atoms with van der Waals surface area (Å²) < 4.78 is 11.2. The summed E-state index contributed by atoms with van der Waals surface area (Å²) >= 11 is 0. The van der Waals surface area contributed by atoms with Crippen molar-refractivity contribution < 1.29 is 19.1 Å². The number of rotatable bonds is 7. The first-order valence-corrected chi connectivity index (χ1v) is 11.7. The van der Waals surface area contributed by atoms with Gasteiger partial charge in [-0.15, -0.1) is 5.10 Å². The highest BCUT2D eigenvalue weighted by atomic mass is 16.6. The summed E-state index contributed by atoms with van der Waals surface area (Å²) in [6.07, 6.45) is 7.32. The van der Waals surface area contributed by atoms with Crippen LogP contribution in [0, 0.1) is 23.2 Å². The van der Waals surface area contributed by atoms with E-state index in [0.717, 1.165) is 23.1 Å². The van der Waals surface area contributed by atoms with Crippen LogP contribution in [0.15, 0.2) is 53.2 Å². The molecule has 1 aromatic carbocycles. The van der Waals surface area contributed by atoms with Gasteiger partial charge in [0, 0.05) is 12.0 Å². The molecule has 0 N–H and O–H groups in total. The van der Waals surface area contributed by atoms with Crippen LogP contribution in [0.4, 0.5) is 0 Å². The van der Waals surface area contributed by atoms with E-state index in [-0.39, 0.29) is 30.8 Å². The van der Waals surface area contributed by atoms with Gasteiger partial charge in [0.15, 0.2) is 6.61 Å². The van der Waals surface area contributed by atoms with E-state index in [0.29, 0.717) is 18.4 Å². The van der Waals surface area contributed by atoms with Gasteiger partial charge in [-0.3, -0.25) is 9.59 Å². The molecule has 3 unspecified atom stereocenters. The van der Waals surface area contributed by atoms with E-state index in [2.05, 4.69) is 30.2 Å². The van der Waals surface area contributed by atoms with Gasteiger partial charge in [0.1, 0.15) is 5.60 Å². The van der Waals surface area contributed by atoms with Crippen LogP contribution in [-0.2, 0) is 25.6 Å². The topological polar surface area (TPSA) is 92.0 Å². The molecule has 3 rings (SSSR count). The molecule has 3 atom stereocenters. The molecule has 0 saturated heterocycles. The Labute approximate surface area is 201 Å². The van der Waals surface area contributed by atoms with E-state index in [9.17, 15) is 9.59 Å². The Balaban J connectivity index is 1.77.